The molecule has 0 aliphatic heterocycles. The minimum Gasteiger partial charge on any atom is -0.387 e. The third-order valence-corrected chi connectivity index (χ3v) is 4.65. The maximum absolute atomic E-state index is 13.5. The largest absolute Gasteiger partial charge is 0.387 e. The Hall–Kier alpha value is -3.29. The van der Waals surface area contributed by atoms with Crippen LogP contribution in [0.4, 0.5) is 10.1 Å². The minimum absolute atomic E-state index is 0.0966. The van der Waals surface area contributed by atoms with Crippen molar-refractivity contribution in [3.05, 3.63) is 53.2 Å². The number of anilines is 1. The number of rotatable bonds is 6. The van der Waals surface area contributed by atoms with E-state index < -0.39 is 5.82 Å². The lowest BCUT2D eigenvalue weighted by atomic mass is 10.1. The Kier molecular flexibility index (Phi) is 4.31. The number of fused-ring (bicyclic) bond motifs is 1. The molecule has 1 fully saturated rings. The van der Waals surface area contributed by atoms with Gasteiger partial charge in [0.2, 0.25) is 0 Å². The number of aromatic nitrogens is 3. The maximum Gasteiger partial charge on any atom is 0.255 e. The van der Waals surface area contributed by atoms with Gasteiger partial charge in [-0.2, -0.15) is 0 Å². The molecule has 8 heteroatoms. The monoisotopic (exact) mass is 366 g/mol. The Balaban J connectivity index is 1.67. The lowest BCUT2D eigenvalue weighted by Gasteiger charge is -2.10. The summed E-state index contributed by atoms with van der Waals surface area (Å²) in [7, 11) is 1.66. The number of nitrogens with one attached hydrogen (secondary N) is 4. The van der Waals surface area contributed by atoms with Gasteiger partial charge in [0.25, 0.3) is 5.91 Å². The van der Waals surface area contributed by atoms with Gasteiger partial charge < -0.3 is 15.6 Å². The molecule has 3 aromatic rings. The van der Waals surface area contributed by atoms with Crippen LogP contribution in [-0.2, 0) is 0 Å². The summed E-state index contributed by atoms with van der Waals surface area (Å²) in [5, 5.41) is 14.3. The quantitative estimate of drug-likeness (QED) is 0.503. The van der Waals surface area contributed by atoms with Gasteiger partial charge in [-0.1, -0.05) is 0 Å². The van der Waals surface area contributed by atoms with Gasteiger partial charge in [0.05, 0.1) is 17.5 Å². The van der Waals surface area contributed by atoms with Crippen LogP contribution in [0.3, 0.4) is 0 Å². The highest BCUT2D eigenvalue weighted by Gasteiger charge is 2.23. The number of hydrogen-bond acceptors (Lipinski definition) is 5. The fraction of sp³-hybridized carbons (Fsp3) is 0.263. The van der Waals surface area contributed by atoms with Crippen molar-refractivity contribution in [1.82, 2.24) is 20.3 Å². The molecule has 2 heterocycles. The van der Waals surface area contributed by atoms with Crippen LogP contribution in [0.15, 0.2) is 30.6 Å². The summed E-state index contributed by atoms with van der Waals surface area (Å²) in [4.78, 5) is 24.1. The second-order valence-corrected chi connectivity index (χ2v) is 6.62. The SMILES string of the molecule is CNc1cc(F)ccc1C(=N)c1cnc2[nH]cc(C(=O)NCC3CC3)c2n1. The number of nitrogens with zero attached hydrogens (tertiary/aromatic N) is 2. The highest BCUT2D eigenvalue weighted by molar-refractivity contribution is 6.14. The number of H-pyrrole nitrogens is 1. The molecule has 0 saturated heterocycles. The Morgan fingerprint density at radius 3 is 2.93 bits per heavy atom. The van der Waals surface area contributed by atoms with E-state index in [4.69, 9.17) is 5.41 Å². The molecule has 0 bridgehead atoms. The van der Waals surface area contributed by atoms with E-state index in [1.165, 1.54) is 24.4 Å². The Morgan fingerprint density at radius 1 is 1.37 bits per heavy atom. The van der Waals surface area contributed by atoms with Crippen molar-refractivity contribution in [2.24, 2.45) is 5.92 Å². The van der Waals surface area contributed by atoms with Gasteiger partial charge in [0.15, 0.2) is 5.65 Å². The molecule has 4 N–H and O–H groups in total. The summed E-state index contributed by atoms with van der Waals surface area (Å²) in [5.41, 5.74) is 2.69. The van der Waals surface area contributed by atoms with Gasteiger partial charge in [-0.05, 0) is 37.0 Å². The van der Waals surface area contributed by atoms with Crippen molar-refractivity contribution >= 4 is 28.5 Å². The lowest BCUT2D eigenvalue weighted by molar-refractivity contribution is 0.0953. The molecular weight excluding hydrogens is 347 g/mol. The van der Waals surface area contributed by atoms with Crippen LogP contribution in [0, 0.1) is 17.1 Å². The highest BCUT2D eigenvalue weighted by atomic mass is 19.1. The predicted octanol–water partition coefficient (Wildman–Crippen LogP) is 2.69. The van der Waals surface area contributed by atoms with Gasteiger partial charge in [0.1, 0.15) is 17.0 Å². The summed E-state index contributed by atoms with van der Waals surface area (Å²) in [6, 6.07) is 4.14. The van der Waals surface area contributed by atoms with Crippen molar-refractivity contribution in [3.8, 4) is 0 Å². The molecule has 1 amide bonds. The second-order valence-electron chi connectivity index (χ2n) is 6.62. The Bertz CT molecular complexity index is 1040. The van der Waals surface area contributed by atoms with Crippen LogP contribution >= 0.6 is 0 Å². The summed E-state index contributed by atoms with van der Waals surface area (Å²) in [6.45, 7) is 0.662. The zero-order chi connectivity index (χ0) is 19.0. The zero-order valence-corrected chi connectivity index (χ0v) is 14.8. The van der Waals surface area contributed by atoms with Gasteiger partial charge in [-0.25, -0.2) is 14.4 Å². The minimum atomic E-state index is -0.391. The molecule has 1 aromatic carbocycles. The predicted molar refractivity (Wildman–Crippen MR) is 101 cm³/mol. The Morgan fingerprint density at radius 2 is 2.19 bits per heavy atom. The molecule has 0 radical (unpaired) electrons. The average Bonchev–Trinajstić information content (AvgIpc) is 3.42. The molecule has 138 valence electrons. The van der Waals surface area contributed by atoms with Crippen LogP contribution in [-0.4, -0.2) is 40.2 Å². The number of amides is 1. The van der Waals surface area contributed by atoms with Gasteiger partial charge in [-0.15, -0.1) is 0 Å². The molecule has 1 aliphatic rings. The normalized spacial score (nSPS) is 13.6. The van der Waals surface area contributed by atoms with Crippen LogP contribution in [0.25, 0.3) is 11.2 Å². The number of carbonyl (C=O) groups excluding carboxylic acids is 1. The molecule has 2 aromatic heterocycles. The van der Waals surface area contributed by atoms with E-state index in [-0.39, 0.29) is 11.6 Å². The van der Waals surface area contributed by atoms with Crippen LogP contribution in [0.5, 0.6) is 0 Å². The third kappa shape index (κ3) is 3.38. The average molecular weight is 366 g/mol. The Labute approximate surface area is 154 Å². The standard InChI is InChI=1S/C19H19FN6O/c1-22-14-6-11(20)4-5-12(14)16(21)15-9-24-18-17(26-15)13(8-23-18)19(27)25-7-10-2-3-10/h4-6,8-10,21-22H,2-3,7H2,1H3,(H,23,24)(H,25,27). The van der Waals surface area contributed by atoms with E-state index in [2.05, 4.69) is 25.6 Å². The van der Waals surface area contributed by atoms with E-state index in [0.717, 1.165) is 12.8 Å². The summed E-state index contributed by atoms with van der Waals surface area (Å²) < 4.78 is 13.5. The van der Waals surface area contributed by atoms with Crippen LogP contribution in [0.2, 0.25) is 0 Å². The topological polar surface area (TPSA) is 107 Å². The third-order valence-electron chi connectivity index (χ3n) is 4.65. The number of hydrogen-bond donors (Lipinski definition) is 4. The first-order valence-corrected chi connectivity index (χ1v) is 8.75. The van der Waals surface area contributed by atoms with Crippen molar-refractivity contribution < 1.29 is 9.18 Å². The molecule has 0 unspecified atom stereocenters. The first-order valence-electron chi connectivity index (χ1n) is 8.75. The van der Waals surface area contributed by atoms with E-state index in [0.29, 0.717) is 46.1 Å². The molecule has 1 saturated carbocycles. The van der Waals surface area contributed by atoms with E-state index in [1.807, 2.05) is 0 Å². The number of aromatic amines is 1. The molecule has 0 atom stereocenters. The molecule has 0 spiro atoms. The fourth-order valence-corrected chi connectivity index (χ4v) is 2.92. The summed E-state index contributed by atoms with van der Waals surface area (Å²) in [6.07, 6.45) is 5.36. The van der Waals surface area contributed by atoms with Crippen molar-refractivity contribution in [2.75, 3.05) is 18.9 Å². The zero-order valence-electron chi connectivity index (χ0n) is 14.8. The van der Waals surface area contributed by atoms with Crippen molar-refractivity contribution in [3.63, 3.8) is 0 Å². The lowest BCUT2D eigenvalue weighted by Crippen LogP contribution is -2.25. The number of benzene rings is 1. The second kappa shape index (κ2) is 6.79. The fourth-order valence-electron chi connectivity index (χ4n) is 2.92. The van der Waals surface area contributed by atoms with Gasteiger partial charge in [-0.3, -0.25) is 10.2 Å². The van der Waals surface area contributed by atoms with Gasteiger partial charge >= 0.3 is 0 Å². The molecule has 1 aliphatic carbocycles. The van der Waals surface area contributed by atoms with E-state index in [9.17, 15) is 9.18 Å². The summed E-state index contributed by atoms with van der Waals surface area (Å²) in [5.74, 6) is -0.0195. The molecule has 7 nitrogen and oxygen atoms in total. The van der Waals surface area contributed by atoms with Gasteiger partial charge in [0, 0.05) is 31.0 Å². The van der Waals surface area contributed by atoms with Crippen molar-refractivity contribution in [1.29, 1.82) is 5.41 Å². The molecule has 27 heavy (non-hydrogen) atoms. The molecule has 4 rings (SSSR count). The first-order chi connectivity index (χ1) is 13.1. The van der Waals surface area contributed by atoms with E-state index >= 15 is 0 Å². The van der Waals surface area contributed by atoms with Crippen molar-refractivity contribution in [2.45, 2.75) is 12.8 Å². The van der Waals surface area contributed by atoms with E-state index in [1.54, 1.807) is 13.2 Å². The maximum atomic E-state index is 13.5. The van der Waals surface area contributed by atoms with Crippen LogP contribution in [0.1, 0.15) is 34.5 Å². The number of carbonyl (C=O) groups is 1. The smallest absolute Gasteiger partial charge is 0.255 e. The molecular formula is C19H19FN6O. The highest BCUT2D eigenvalue weighted by Crippen LogP contribution is 2.28. The van der Waals surface area contributed by atoms with Crippen LogP contribution < -0.4 is 10.6 Å². The summed E-state index contributed by atoms with van der Waals surface area (Å²) >= 11 is 0. The first kappa shape index (κ1) is 17.1. The number of halogens is 1.